The maximum Gasteiger partial charge on any atom is 0.241 e. The van der Waals surface area contributed by atoms with Gasteiger partial charge in [0.25, 0.3) is 0 Å². The third kappa shape index (κ3) is 7.89. The van der Waals surface area contributed by atoms with Crippen molar-refractivity contribution in [3.8, 4) is 0 Å². The van der Waals surface area contributed by atoms with Gasteiger partial charge in [-0.1, -0.05) is 25.5 Å². The van der Waals surface area contributed by atoms with Crippen LogP contribution in [-0.2, 0) is 26.1 Å². The van der Waals surface area contributed by atoms with E-state index in [4.69, 9.17) is 10.5 Å². The van der Waals surface area contributed by atoms with Crippen LogP contribution >= 0.6 is 12.4 Å². The summed E-state index contributed by atoms with van der Waals surface area (Å²) in [5, 5.41) is 2.80. The fraction of sp³-hybridized carbons (Fsp3) is 0.533. The summed E-state index contributed by atoms with van der Waals surface area (Å²) in [7, 11) is 0.624. The molecule has 3 N–H and O–H groups in total. The molecule has 1 aromatic carbocycles. The quantitative estimate of drug-likeness (QED) is 0.715. The lowest BCUT2D eigenvalue weighted by Gasteiger charge is -2.12. The second-order valence-electron chi connectivity index (χ2n) is 4.87. The van der Waals surface area contributed by atoms with Gasteiger partial charge in [0.1, 0.15) is 0 Å². The SMILES string of the molecule is CCCC(N)C(=O)Nc1cccc(CS(=O)CCOC)c1.Cl. The Bertz CT molecular complexity index is 486. The van der Waals surface area contributed by atoms with Gasteiger partial charge in [-0.15, -0.1) is 12.4 Å². The van der Waals surface area contributed by atoms with E-state index in [0.717, 1.165) is 12.0 Å². The molecular weight excluding hydrogens is 324 g/mol. The van der Waals surface area contributed by atoms with Crippen molar-refractivity contribution >= 4 is 34.8 Å². The first-order chi connectivity index (χ1) is 10.1. The molecule has 7 heteroatoms. The third-order valence-corrected chi connectivity index (χ3v) is 4.25. The number of carbonyl (C=O) groups excluding carboxylic acids is 1. The Kier molecular flexibility index (Phi) is 11.1. The van der Waals surface area contributed by atoms with E-state index in [1.807, 2.05) is 25.1 Å². The molecule has 5 nitrogen and oxygen atoms in total. The van der Waals surface area contributed by atoms with Gasteiger partial charge in [0, 0.05) is 35.1 Å². The largest absolute Gasteiger partial charge is 0.384 e. The van der Waals surface area contributed by atoms with E-state index in [1.165, 1.54) is 0 Å². The molecule has 0 radical (unpaired) electrons. The molecule has 1 aromatic rings. The highest BCUT2D eigenvalue weighted by molar-refractivity contribution is 7.84. The van der Waals surface area contributed by atoms with E-state index < -0.39 is 16.8 Å². The number of ether oxygens (including phenoxy) is 1. The van der Waals surface area contributed by atoms with Crippen LogP contribution in [0.4, 0.5) is 5.69 Å². The highest BCUT2D eigenvalue weighted by Crippen LogP contribution is 2.13. The molecule has 0 heterocycles. The summed E-state index contributed by atoms with van der Waals surface area (Å²) in [6, 6.07) is 6.88. The van der Waals surface area contributed by atoms with E-state index in [-0.39, 0.29) is 18.3 Å². The average molecular weight is 349 g/mol. The van der Waals surface area contributed by atoms with Gasteiger partial charge in [-0.25, -0.2) is 0 Å². The van der Waals surface area contributed by atoms with Crippen LogP contribution in [0, 0.1) is 0 Å². The average Bonchev–Trinajstić information content (AvgIpc) is 2.45. The zero-order chi connectivity index (χ0) is 15.7. The highest BCUT2D eigenvalue weighted by atomic mass is 35.5. The lowest BCUT2D eigenvalue weighted by atomic mass is 10.1. The Labute approximate surface area is 140 Å². The van der Waals surface area contributed by atoms with Gasteiger partial charge in [0.05, 0.1) is 12.6 Å². The number of anilines is 1. The molecule has 1 amide bonds. The topological polar surface area (TPSA) is 81.4 Å². The molecule has 0 spiro atoms. The van der Waals surface area contributed by atoms with Crippen molar-refractivity contribution in [1.29, 1.82) is 0 Å². The number of hydrogen-bond acceptors (Lipinski definition) is 4. The van der Waals surface area contributed by atoms with Gasteiger partial charge in [-0.2, -0.15) is 0 Å². The van der Waals surface area contributed by atoms with Crippen LogP contribution in [0.1, 0.15) is 25.3 Å². The first-order valence-electron chi connectivity index (χ1n) is 7.06. The molecule has 2 unspecified atom stereocenters. The van der Waals surface area contributed by atoms with Crippen LogP contribution in [0.2, 0.25) is 0 Å². The smallest absolute Gasteiger partial charge is 0.241 e. The second-order valence-corrected chi connectivity index (χ2v) is 6.44. The maximum absolute atomic E-state index is 11.9. The monoisotopic (exact) mass is 348 g/mol. The van der Waals surface area contributed by atoms with Crippen LogP contribution in [0.15, 0.2) is 24.3 Å². The van der Waals surface area contributed by atoms with Crippen molar-refractivity contribution in [2.45, 2.75) is 31.6 Å². The number of nitrogens with one attached hydrogen (secondary N) is 1. The van der Waals surface area contributed by atoms with Crippen molar-refractivity contribution < 1.29 is 13.7 Å². The summed E-state index contributed by atoms with van der Waals surface area (Å²) in [4.78, 5) is 11.9. The lowest BCUT2D eigenvalue weighted by molar-refractivity contribution is -0.117. The molecule has 0 saturated heterocycles. The maximum atomic E-state index is 11.9. The van der Waals surface area contributed by atoms with Gasteiger partial charge < -0.3 is 15.8 Å². The highest BCUT2D eigenvalue weighted by Gasteiger charge is 2.12. The molecule has 0 aliphatic carbocycles. The number of methoxy groups -OCH3 is 1. The summed E-state index contributed by atoms with van der Waals surface area (Å²) in [6.07, 6.45) is 1.53. The Morgan fingerprint density at radius 3 is 2.82 bits per heavy atom. The summed E-state index contributed by atoms with van der Waals surface area (Å²) in [5.41, 5.74) is 7.38. The Morgan fingerprint density at radius 2 is 2.18 bits per heavy atom. The van der Waals surface area contributed by atoms with E-state index in [2.05, 4.69) is 5.32 Å². The predicted octanol–water partition coefficient (Wildman–Crippen LogP) is 2.07. The Hall–Kier alpha value is -0.950. The molecule has 1 rings (SSSR count). The number of halogens is 1. The van der Waals surface area contributed by atoms with Crippen LogP contribution in [-0.4, -0.2) is 35.6 Å². The van der Waals surface area contributed by atoms with Gasteiger partial charge in [0.2, 0.25) is 5.91 Å². The molecule has 0 aliphatic rings. The van der Waals surface area contributed by atoms with Crippen LogP contribution in [0.25, 0.3) is 0 Å². The molecule has 0 saturated carbocycles. The lowest BCUT2D eigenvalue weighted by Crippen LogP contribution is -2.35. The van der Waals surface area contributed by atoms with E-state index in [9.17, 15) is 9.00 Å². The molecule has 0 fully saturated rings. The van der Waals surface area contributed by atoms with Crippen molar-refractivity contribution in [2.24, 2.45) is 5.73 Å². The van der Waals surface area contributed by atoms with Crippen LogP contribution in [0.5, 0.6) is 0 Å². The summed E-state index contributed by atoms with van der Waals surface area (Å²) < 4.78 is 16.7. The first-order valence-corrected chi connectivity index (χ1v) is 8.55. The molecule has 22 heavy (non-hydrogen) atoms. The molecule has 0 bridgehead atoms. The van der Waals surface area contributed by atoms with E-state index in [0.29, 0.717) is 30.2 Å². The standard InChI is InChI=1S/C15H24N2O3S.ClH/c1-3-5-14(16)15(18)17-13-7-4-6-12(10-13)11-21(19)9-8-20-2;/h4,6-7,10,14H,3,5,8-9,11,16H2,1-2H3,(H,17,18);1H. The van der Waals surface area contributed by atoms with Crippen LogP contribution in [0.3, 0.4) is 0 Å². The minimum atomic E-state index is -0.966. The van der Waals surface area contributed by atoms with Crippen LogP contribution < -0.4 is 11.1 Å². The number of rotatable bonds is 9. The van der Waals surface area contributed by atoms with Gasteiger partial charge in [-0.05, 0) is 24.1 Å². The van der Waals surface area contributed by atoms with Crippen molar-refractivity contribution in [3.63, 3.8) is 0 Å². The number of nitrogens with two attached hydrogens (primary N) is 1. The Morgan fingerprint density at radius 1 is 1.45 bits per heavy atom. The zero-order valence-corrected chi connectivity index (χ0v) is 14.7. The second kappa shape index (κ2) is 11.6. The van der Waals surface area contributed by atoms with E-state index >= 15 is 0 Å². The molecule has 0 aromatic heterocycles. The van der Waals surface area contributed by atoms with Crippen molar-refractivity contribution in [2.75, 3.05) is 24.8 Å². The molecule has 126 valence electrons. The van der Waals surface area contributed by atoms with Gasteiger partial charge in [0.15, 0.2) is 0 Å². The summed E-state index contributed by atoms with van der Waals surface area (Å²) >= 11 is 0. The summed E-state index contributed by atoms with van der Waals surface area (Å²) in [6.45, 7) is 2.47. The minimum absolute atomic E-state index is 0. The van der Waals surface area contributed by atoms with Gasteiger partial charge in [-0.3, -0.25) is 9.00 Å². The predicted molar refractivity (Wildman–Crippen MR) is 93.8 cm³/mol. The summed E-state index contributed by atoms with van der Waals surface area (Å²) in [5.74, 6) is 0.775. The fourth-order valence-electron chi connectivity index (χ4n) is 1.85. The minimum Gasteiger partial charge on any atom is -0.384 e. The number of hydrogen-bond donors (Lipinski definition) is 2. The first kappa shape index (κ1) is 21.0. The number of carbonyl (C=O) groups is 1. The fourth-order valence-corrected chi connectivity index (χ4v) is 2.90. The normalized spacial score (nSPS) is 13.0. The van der Waals surface area contributed by atoms with Crippen molar-refractivity contribution in [3.05, 3.63) is 29.8 Å². The molecular formula is C15H25ClN2O3S. The van der Waals surface area contributed by atoms with E-state index in [1.54, 1.807) is 13.2 Å². The van der Waals surface area contributed by atoms with Gasteiger partial charge >= 0.3 is 0 Å². The molecule has 0 aliphatic heterocycles. The number of amides is 1. The molecule has 2 atom stereocenters. The third-order valence-electron chi connectivity index (χ3n) is 2.97. The van der Waals surface area contributed by atoms with Crippen molar-refractivity contribution in [1.82, 2.24) is 0 Å². The number of benzene rings is 1. The Balaban J connectivity index is 0.00000441. The zero-order valence-electron chi connectivity index (χ0n) is 13.0.